The van der Waals surface area contributed by atoms with Gasteiger partial charge in [-0.15, -0.1) is 0 Å². The topological polar surface area (TPSA) is 55.6 Å². The Bertz CT molecular complexity index is 1130. The number of rotatable bonds is 4. The first-order valence-corrected chi connectivity index (χ1v) is 9.91. The van der Waals surface area contributed by atoms with Gasteiger partial charge < -0.3 is 5.32 Å². The van der Waals surface area contributed by atoms with E-state index >= 15 is 0 Å². The second-order valence-electron chi connectivity index (χ2n) is 7.33. The van der Waals surface area contributed by atoms with E-state index in [1.54, 1.807) is 0 Å². The van der Waals surface area contributed by atoms with Crippen LogP contribution in [0.5, 0.6) is 0 Å². The number of aromatic nitrogens is 4. The number of hydrogen-bond acceptors (Lipinski definition) is 4. The van der Waals surface area contributed by atoms with E-state index in [0.29, 0.717) is 5.95 Å². The fraction of sp³-hybridized carbons (Fsp3) is 0.261. The van der Waals surface area contributed by atoms with Crippen molar-refractivity contribution in [1.29, 1.82) is 0 Å². The van der Waals surface area contributed by atoms with Crippen LogP contribution in [0, 0.1) is 6.92 Å². The zero-order valence-corrected chi connectivity index (χ0v) is 16.0. The monoisotopic (exact) mass is 369 g/mol. The van der Waals surface area contributed by atoms with E-state index in [2.05, 4.69) is 45.2 Å². The third kappa shape index (κ3) is 3.03. The molecule has 0 spiro atoms. The zero-order valence-electron chi connectivity index (χ0n) is 16.0. The van der Waals surface area contributed by atoms with Crippen molar-refractivity contribution < 1.29 is 0 Å². The first-order chi connectivity index (χ1) is 13.8. The van der Waals surface area contributed by atoms with Crippen LogP contribution >= 0.6 is 0 Å². The Labute approximate surface area is 164 Å². The molecule has 2 aromatic carbocycles. The Balaban J connectivity index is 1.60. The summed E-state index contributed by atoms with van der Waals surface area (Å²) in [6, 6.07) is 18.6. The van der Waals surface area contributed by atoms with Crippen molar-refractivity contribution >= 4 is 16.9 Å². The maximum absolute atomic E-state index is 4.96. The Kier molecular flexibility index (Phi) is 4.28. The minimum absolute atomic E-state index is 0.711. The molecule has 0 fully saturated rings. The molecule has 0 saturated heterocycles. The number of benzene rings is 2. The van der Waals surface area contributed by atoms with Crippen molar-refractivity contribution in [2.45, 2.75) is 39.2 Å². The summed E-state index contributed by atoms with van der Waals surface area (Å²) >= 11 is 0. The Hall–Kier alpha value is -3.21. The molecule has 1 aliphatic rings. The second kappa shape index (κ2) is 7.08. The van der Waals surface area contributed by atoms with Crippen LogP contribution in [0.2, 0.25) is 0 Å². The molecule has 140 valence electrons. The van der Waals surface area contributed by atoms with E-state index in [-0.39, 0.29) is 0 Å². The normalized spacial score (nSPS) is 13.5. The zero-order chi connectivity index (χ0) is 18.9. The summed E-state index contributed by atoms with van der Waals surface area (Å²) in [6.07, 6.45) is 4.43. The highest BCUT2D eigenvalue weighted by Gasteiger charge is 2.20. The van der Waals surface area contributed by atoms with Gasteiger partial charge in [0.15, 0.2) is 0 Å². The Morgan fingerprint density at radius 1 is 0.893 bits per heavy atom. The molecule has 0 radical (unpaired) electrons. The smallest absolute Gasteiger partial charge is 0.237 e. The van der Waals surface area contributed by atoms with Crippen LogP contribution in [0.15, 0.2) is 54.6 Å². The minimum atomic E-state index is 0.711. The quantitative estimate of drug-likeness (QED) is 0.570. The van der Waals surface area contributed by atoms with Crippen LogP contribution in [0.3, 0.4) is 0 Å². The average Bonchev–Trinajstić information content (AvgIpc) is 3.08. The van der Waals surface area contributed by atoms with E-state index in [1.165, 1.54) is 29.7 Å². The number of hydrogen-bond donors (Lipinski definition) is 1. The van der Waals surface area contributed by atoms with Gasteiger partial charge in [-0.3, -0.25) is 4.57 Å². The molecule has 28 heavy (non-hydrogen) atoms. The molecule has 5 rings (SSSR count). The first-order valence-electron chi connectivity index (χ1n) is 9.91. The maximum Gasteiger partial charge on any atom is 0.237 e. The molecule has 0 atom stereocenters. The number of imidazole rings is 1. The maximum atomic E-state index is 4.96. The van der Waals surface area contributed by atoms with Gasteiger partial charge in [-0.25, -0.2) is 9.97 Å². The molecular weight excluding hydrogens is 346 g/mol. The van der Waals surface area contributed by atoms with E-state index in [4.69, 9.17) is 9.97 Å². The molecule has 5 heteroatoms. The highest BCUT2D eigenvalue weighted by Crippen LogP contribution is 2.28. The lowest BCUT2D eigenvalue weighted by Gasteiger charge is -2.20. The molecular formula is C23H23N5. The van der Waals surface area contributed by atoms with Gasteiger partial charge in [0.1, 0.15) is 11.6 Å². The summed E-state index contributed by atoms with van der Waals surface area (Å²) < 4.78 is 2.07. The van der Waals surface area contributed by atoms with E-state index in [9.17, 15) is 0 Å². The van der Waals surface area contributed by atoms with Crippen molar-refractivity contribution in [1.82, 2.24) is 19.5 Å². The third-order valence-electron chi connectivity index (χ3n) is 5.40. The number of nitrogens with one attached hydrogen (secondary N) is 1. The molecule has 5 nitrogen and oxygen atoms in total. The van der Waals surface area contributed by atoms with E-state index < -0.39 is 0 Å². The van der Waals surface area contributed by atoms with Gasteiger partial charge in [-0.2, -0.15) is 4.98 Å². The molecule has 0 aliphatic heterocycles. The molecule has 4 aromatic rings. The summed E-state index contributed by atoms with van der Waals surface area (Å²) in [7, 11) is 0. The number of fused-ring (bicyclic) bond motifs is 2. The summed E-state index contributed by atoms with van der Waals surface area (Å²) in [6.45, 7) is 2.77. The van der Waals surface area contributed by atoms with Gasteiger partial charge in [0.05, 0.1) is 16.7 Å². The van der Waals surface area contributed by atoms with Crippen LogP contribution < -0.4 is 5.32 Å². The summed E-state index contributed by atoms with van der Waals surface area (Å²) in [5, 5.41) is 3.57. The van der Waals surface area contributed by atoms with Crippen LogP contribution in [-0.2, 0) is 19.4 Å². The lowest BCUT2D eigenvalue weighted by molar-refractivity contribution is 0.658. The molecule has 2 heterocycles. The third-order valence-corrected chi connectivity index (χ3v) is 5.40. The molecule has 0 bridgehead atoms. The molecule has 1 aliphatic carbocycles. The Morgan fingerprint density at radius 2 is 1.68 bits per heavy atom. The highest BCUT2D eigenvalue weighted by atomic mass is 15.2. The predicted molar refractivity (Wildman–Crippen MR) is 112 cm³/mol. The fourth-order valence-corrected chi connectivity index (χ4v) is 4.01. The lowest BCUT2D eigenvalue weighted by atomic mass is 9.96. The summed E-state index contributed by atoms with van der Waals surface area (Å²) in [5.41, 5.74) is 5.71. The predicted octanol–water partition coefficient (Wildman–Crippen LogP) is 4.61. The minimum Gasteiger partial charge on any atom is -0.366 e. The fourth-order valence-electron chi connectivity index (χ4n) is 4.01. The van der Waals surface area contributed by atoms with E-state index in [1.807, 2.05) is 31.2 Å². The number of nitrogens with zero attached hydrogens (tertiary/aromatic N) is 4. The van der Waals surface area contributed by atoms with Crippen LogP contribution in [0.1, 0.15) is 35.5 Å². The number of para-hydroxylation sites is 2. The molecule has 0 amide bonds. The molecule has 1 N–H and O–H groups in total. The highest BCUT2D eigenvalue weighted by molar-refractivity contribution is 5.77. The summed E-state index contributed by atoms with van der Waals surface area (Å²) in [5.74, 6) is 2.58. The molecule has 2 aromatic heterocycles. The van der Waals surface area contributed by atoms with Gasteiger partial charge in [0.25, 0.3) is 0 Å². The largest absolute Gasteiger partial charge is 0.366 e. The Morgan fingerprint density at radius 3 is 2.57 bits per heavy atom. The number of aryl methyl sites for hydroxylation is 2. The standard InChI is InChI=1S/C23H23N5/c1-16-25-20-13-7-8-14-21(20)28(16)23-26-19-12-6-5-11-18(19)22(27-23)24-15-17-9-3-2-4-10-17/h2-4,7-10,13-14H,5-6,11-12,15H2,1H3,(H,24,26,27). The van der Waals surface area contributed by atoms with E-state index in [0.717, 1.165) is 42.1 Å². The van der Waals surface area contributed by atoms with Crippen LogP contribution in [0.25, 0.3) is 17.0 Å². The second-order valence-corrected chi connectivity index (χ2v) is 7.33. The molecule has 0 unspecified atom stereocenters. The average molecular weight is 369 g/mol. The van der Waals surface area contributed by atoms with Crippen molar-refractivity contribution in [3.8, 4) is 5.95 Å². The van der Waals surface area contributed by atoms with Gasteiger partial charge in [-0.05, 0) is 50.3 Å². The van der Waals surface area contributed by atoms with Crippen molar-refractivity contribution in [2.75, 3.05) is 5.32 Å². The van der Waals surface area contributed by atoms with Gasteiger partial charge in [0.2, 0.25) is 5.95 Å². The van der Waals surface area contributed by atoms with Gasteiger partial charge >= 0.3 is 0 Å². The van der Waals surface area contributed by atoms with Crippen molar-refractivity contribution in [3.63, 3.8) is 0 Å². The van der Waals surface area contributed by atoms with Gasteiger partial charge in [0, 0.05) is 12.1 Å². The van der Waals surface area contributed by atoms with Crippen molar-refractivity contribution in [3.05, 3.63) is 77.2 Å². The summed E-state index contributed by atoms with van der Waals surface area (Å²) in [4.78, 5) is 14.6. The SMILES string of the molecule is Cc1nc2ccccc2n1-c1nc2c(c(NCc3ccccc3)n1)CCCC2. The lowest BCUT2D eigenvalue weighted by Crippen LogP contribution is -2.16. The van der Waals surface area contributed by atoms with Crippen LogP contribution in [0.4, 0.5) is 5.82 Å². The van der Waals surface area contributed by atoms with Crippen molar-refractivity contribution in [2.24, 2.45) is 0 Å². The molecule has 0 saturated carbocycles. The number of anilines is 1. The first kappa shape index (κ1) is 16.9. The van der Waals surface area contributed by atoms with Gasteiger partial charge in [-0.1, -0.05) is 42.5 Å². The van der Waals surface area contributed by atoms with Crippen LogP contribution in [-0.4, -0.2) is 19.5 Å².